The first-order chi connectivity index (χ1) is 11.2. The van der Waals surface area contributed by atoms with Crippen molar-refractivity contribution in [3.05, 3.63) is 65.7 Å². The highest BCUT2D eigenvalue weighted by atomic mass is 16.5. The highest BCUT2D eigenvalue weighted by molar-refractivity contribution is 5.95. The summed E-state index contributed by atoms with van der Waals surface area (Å²) >= 11 is 0. The Morgan fingerprint density at radius 2 is 1.70 bits per heavy atom. The lowest BCUT2D eigenvalue weighted by Crippen LogP contribution is -2.43. The lowest BCUT2D eigenvalue weighted by atomic mass is 10.0. The maximum atomic E-state index is 12.9. The van der Waals surface area contributed by atoms with E-state index >= 15 is 0 Å². The van der Waals surface area contributed by atoms with Gasteiger partial charge < -0.3 is 10.1 Å². The van der Waals surface area contributed by atoms with E-state index in [4.69, 9.17) is 4.74 Å². The predicted octanol–water partition coefficient (Wildman–Crippen LogP) is 3.01. The van der Waals surface area contributed by atoms with Gasteiger partial charge in [0.1, 0.15) is 6.04 Å². The third-order valence-electron chi connectivity index (χ3n) is 4.09. The van der Waals surface area contributed by atoms with Gasteiger partial charge in [0.2, 0.25) is 5.91 Å². The van der Waals surface area contributed by atoms with Crippen molar-refractivity contribution in [2.75, 3.05) is 31.6 Å². The topological polar surface area (TPSA) is 41.6 Å². The van der Waals surface area contributed by atoms with Crippen molar-refractivity contribution in [1.82, 2.24) is 4.90 Å². The molecule has 1 heterocycles. The van der Waals surface area contributed by atoms with Gasteiger partial charge in [-0.05, 0) is 24.6 Å². The van der Waals surface area contributed by atoms with Crippen molar-refractivity contribution in [1.29, 1.82) is 0 Å². The second-order valence-corrected chi connectivity index (χ2v) is 5.82. The number of hydrogen-bond donors (Lipinski definition) is 1. The molecule has 1 atom stereocenters. The van der Waals surface area contributed by atoms with Crippen molar-refractivity contribution in [2.24, 2.45) is 0 Å². The minimum atomic E-state index is -0.290. The lowest BCUT2D eigenvalue weighted by Gasteiger charge is -2.33. The molecular formula is C19H22N2O2. The fraction of sp³-hybridized carbons (Fsp3) is 0.316. The summed E-state index contributed by atoms with van der Waals surface area (Å²) in [5.74, 6) is 0.00181. The Bertz CT molecular complexity index is 634. The number of benzene rings is 2. The molecule has 1 saturated heterocycles. The van der Waals surface area contributed by atoms with Gasteiger partial charge in [0.25, 0.3) is 0 Å². The normalized spacial score (nSPS) is 16.7. The van der Waals surface area contributed by atoms with Crippen LogP contribution in [0.2, 0.25) is 0 Å². The summed E-state index contributed by atoms with van der Waals surface area (Å²) in [6, 6.07) is 17.5. The summed E-state index contributed by atoms with van der Waals surface area (Å²) in [6.45, 7) is 4.90. The highest BCUT2D eigenvalue weighted by Gasteiger charge is 2.28. The van der Waals surface area contributed by atoms with Crippen LogP contribution in [0, 0.1) is 6.92 Å². The monoisotopic (exact) mass is 310 g/mol. The van der Waals surface area contributed by atoms with E-state index in [-0.39, 0.29) is 11.9 Å². The molecule has 1 aliphatic heterocycles. The van der Waals surface area contributed by atoms with Crippen LogP contribution in [0.1, 0.15) is 17.2 Å². The number of anilines is 1. The number of amides is 1. The zero-order valence-corrected chi connectivity index (χ0v) is 13.4. The van der Waals surface area contributed by atoms with E-state index < -0.39 is 0 Å². The molecule has 23 heavy (non-hydrogen) atoms. The third kappa shape index (κ3) is 3.97. The fourth-order valence-electron chi connectivity index (χ4n) is 2.85. The molecule has 120 valence electrons. The van der Waals surface area contributed by atoms with E-state index in [9.17, 15) is 4.79 Å². The van der Waals surface area contributed by atoms with E-state index in [1.807, 2.05) is 61.5 Å². The molecule has 2 aromatic rings. The van der Waals surface area contributed by atoms with Crippen molar-refractivity contribution in [2.45, 2.75) is 13.0 Å². The summed E-state index contributed by atoms with van der Waals surface area (Å²) in [5.41, 5.74) is 3.02. The molecule has 0 saturated carbocycles. The first kappa shape index (κ1) is 15.7. The standard InChI is InChI=1S/C19H22N2O2/c1-15-7-9-17(10-8-15)20-19(22)18(16-5-3-2-4-6-16)21-11-13-23-14-12-21/h2-10,18H,11-14H2,1H3,(H,20,22)/t18-/m0/s1. The van der Waals surface area contributed by atoms with Crippen molar-refractivity contribution in [3.8, 4) is 0 Å². The Balaban J connectivity index is 1.82. The summed E-state index contributed by atoms with van der Waals surface area (Å²) in [5, 5.41) is 3.04. The molecule has 0 unspecified atom stereocenters. The van der Waals surface area contributed by atoms with E-state index in [1.165, 1.54) is 5.56 Å². The van der Waals surface area contributed by atoms with Gasteiger partial charge in [0, 0.05) is 18.8 Å². The number of morpholine rings is 1. The Morgan fingerprint density at radius 1 is 1.04 bits per heavy atom. The third-order valence-corrected chi connectivity index (χ3v) is 4.09. The molecule has 0 aromatic heterocycles. The zero-order chi connectivity index (χ0) is 16.1. The molecule has 2 aromatic carbocycles. The smallest absolute Gasteiger partial charge is 0.246 e. The van der Waals surface area contributed by atoms with Gasteiger partial charge in [-0.25, -0.2) is 0 Å². The van der Waals surface area contributed by atoms with Gasteiger partial charge >= 0.3 is 0 Å². The van der Waals surface area contributed by atoms with E-state index in [1.54, 1.807) is 0 Å². The summed E-state index contributed by atoms with van der Waals surface area (Å²) in [4.78, 5) is 15.1. The number of hydrogen-bond acceptors (Lipinski definition) is 3. The Hall–Kier alpha value is -2.17. The van der Waals surface area contributed by atoms with Crippen LogP contribution in [0.3, 0.4) is 0 Å². The average Bonchev–Trinajstić information content (AvgIpc) is 2.59. The minimum Gasteiger partial charge on any atom is -0.379 e. The first-order valence-electron chi connectivity index (χ1n) is 7.98. The minimum absolute atomic E-state index is 0.00181. The van der Waals surface area contributed by atoms with Gasteiger partial charge in [-0.3, -0.25) is 9.69 Å². The van der Waals surface area contributed by atoms with E-state index in [0.29, 0.717) is 13.2 Å². The highest BCUT2D eigenvalue weighted by Crippen LogP contribution is 2.24. The van der Waals surface area contributed by atoms with E-state index in [0.717, 1.165) is 24.3 Å². The molecule has 3 rings (SSSR count). The van der Waals surface area contributed by atoms with Gasteiger partial charge in [0.05, 0.1) is 13.2 Å². The molecule has 1 N–H and O–H groups in total. The maximum Gasteiger partial charge on any atom is 0.246 e. The molecule has 0 spiro atoms. The van der Waals surface area contributed by atoms with Gasteiger partial charge in [-0.2, -0.15) is 0 Å². The number of rotatable bonds is 4. The number of aryl methyl sites for hydroxylation is 1. The fourth-order valence-corrected chi connectivity index (χ4v) is 2.85. The van der Waals surface area contributed by atoms with Gasteiger partial charge in [-0.15, -0.1) is 0 Å². The van der Waals surface area contributed by atoms with Crippen LogP contribution >= 0.6 is 0 Å². The molecular weight excluding hydrogens is 288 g/mol. The second kappa shape index (κ2) is 7.40. The molecule has 4 nitrogen and oxygen atoms in total. The van der Waals surface area contributed by atoms with E-state index in [2.05, 4.69) is 10.2 Å². The molecule has 0 radical (unpaired) electrons. The van der Waals surface area contributed by atoms with Crippen LogP contribution in [0.15, 0.2) is 54.6 Å². The van der Waals surface area contributed by atoms with Crippen LogP contribution in [-0.4, -0.2) is 37.1 Å². The van der Waals surface area contributed by atoms with Crippen molar-refractivity contribution in [3.63, 3.8) is 0 Å². The Labute approximate surface area is 137 Å². The van der Waals surface area contributed by atoms with Crippen molar-refractivity contribution < 1.29 is 9.53 Å². The summed E-state index contributed by atoms with van der Waals surface area (Å²) in [6.07, 6.45) is 0. The Morgan fingerprint density at radius 3 is 2.35 bits per heavy atom. The van der Waals surface area contributed by atoms with Crippen LogP contribution in [0.5, 0.6) is 0 Å². The van der Waals surface area contributed by atoms with Crippen LogP contribution < -0.4 is 5.32 Å². The lowest BCUT2D eigenvalue weighted by molar-refractivity contribution is -0.123. The van der Waals surface area contributed by atoms with Gasteiger partial charge in [-0.1, -0.05) is 48.0 Å². The number of nitrogens with zero attached hydrogens (tertiary/aromatic N) is 1. The maximum absolute atomic E-state index is 12.9. The molecule has 1 aliphatic rings. The predicted molar refractivity (Wildman–Crippen MR) is 91.4 cm³/mol. The molecule has 1 fully saturated rings. The van der Waals surface area contributed by atoms with Crippen LogP contribution in [0.4, 0.5) is 5.69 Å². The molecule has 0 aliphatic carbocycles. The summed E-state index contributed by atoms with van der Waals surface area (Å²) < 4.78 is 5.42. The van der Waals surface area contributed by atoms with Crippen molar-refractivity contribution >= 4 is 11.6 Å². The van der Waals surface area contributed by atoms with Gasteiger partial charge in [0.15, 0.2) is 0 Å². The van der Waals surface area contributed by atoms with Crippen LogP contribution in [0.25, 0.3) is 0 Å². The quantitative estimate of drug-likeness (QED) is 0.944. The first-order valence-corrected chi connectivity index (χ1v) is 7.98. The number of nitrogens with one attached hydrogen (secondary N) is 1. The number of carbonyl (C=O) groups excluding carboxylic acids is 1. The summed E-state index contributed by atoms with van der Waals surface area (Å²) in [7, 11) is 0. The molecule has 4 heteroatoms. The average molecular weight is 310 g/mol. The number of carbonyl (C=O) groups is 1. The van der Waals surface area contributed by atoms with Crippen LogP contribution in [-0.2, 0) is 9.53 Å². The second-order valence-electron chi connectivity index (χ2n) is 5.82. The number of ether oxygens (including phenoxy) is 1. The SMILES string of the molecule is Cc1ccc(NC(=O)[C@H](c2ccccc2)N2CCOCC2)cc1. The molecule has 0 bridgehead atoms. The zero-order valence-electron chi connectivity index (χ0n) is 13.4. The molecule has 1 amide bonds. The Kier molecular flexibility index (Phi) is 5.05. The largest absolute Gasteiger partial charge is 0.379 e.